The normalized spacial score (nSPS) is 18.0. The summed E-state index contributed by atoms with van der Waals surface area (Å²) in [5.41, 5.74) is -1.36. The number of methoxy groups -OCH3 is 1. The monoisotopic (exact) mass is 396 g/mol. The molecule has 1 amide bonds. The Morgan fingerprint density at radius 1 is 1.38 bits per heavy atom. The zero-order valence-corrected chi connectivity index (χ0v) is 14.6. The third kappa shape index (κ3) is 3.92. The fourth-order valence-electron chi connectivity index (χ4n) is 2.70. The number of ether oxygens (including phenoxy) is 1. The number of carbonyl (C=O) groups is 2. The van der Waals surface area contributed by atoms with Crippen LogP contribution in [-0.4, -0.2) is 65.7 Å². The molecule has 1 N–H and O–H groups in total. The average Bonchev–Trinajstić information content (AvgIpc) is 2.60. The van der Waals surface area contributed by atoms with Crippen LogP contribution in [0.15, 0.2) is 4.79 Å². The summed E-state index contributed by atoms with van der Waals surface area (Å²) in [7, 11) is 1.08. The molecule has 0 spiro atoms. The van der Waals surface area contributed by atoms with E-state index >= 15 is 0 Å². The summed E-state index contributed by atoms with van der Waals surface area (Å²) >= 11 is 6.01. The number of nitrogens with zero attached hydrogens (tertiary/aromatic N) is 3. The van der Waals surface area contributed by atoms with Gasteiger partial charge in [-0.15, -0.1) is 0 Å². The molecule has 0 radical (unpaired) electrons. The Labute approximate surface area is 150 Å². The Kier molecular flexibility index (Phi) is 5.79. The number of anilines is 1. The second kappa shape index (κ2) is 7.52. The zero-order valence-electron chi connectivity index (χ0n) is 13.9. The predicted molar refractivity (Wildman–Crippen MR) is 85.3 cm³/mol. The molecule has 12 heteroatoms. The maximum atomic E-state index is 12.7. The Balaban J connectivity index is 2.27. The molecular weight excluding hydrogens is 381 g/mol. The summed E-state index contributed by atoms with van der Waals surface area (Å²) in [5, 5.41) is -0.199. The van der Waals surface area contributed by atoms with Gasteiger partial charge in [0.1, 0.15) is 5.82 Å². The summed E-state index contributed by atoms with van der Waals surface area (Å²) in [6, 6.07) is -0.724. The Bertz CT molecular complexity index is 768. The molecule has 2 rings (SSSR count). The van der Waals surface area contributed by atoms with Crippen LogP contribution in [0.25, 0.3) is 0 Å². The quantitative estimate of drug-likeness (QED) is 0.771. The molecule has 1 aromatic heterocycles. The molecule has 1 aliphatic rings. The lowest BCUT2D eigenvalue weighted by molar-refractivity contribution is -0.188. The molecule has 1 aromatic rings. The van der Waals surface area contributed by atoms with E-state index in [2.05, 4.69) is 14.7 Å². The molecule has 1 atom stereocenters. The van der Waals surface area contributed by atoms with E-state index in [-0.39, 0.29) is 37.0 Å². The van der Waals surface area contributed by atoms with Crippen molar-refractivity contribution in [1.82, 2.24) is 14.9 Å². The Hall–Kier alpha value is -2.30. The molecule has 1 saturated heterocycles. The van der Waals surface area contributed by atoms with Crippen LogP contribution in [-0.2, 0) is 9.53 Å². The number of carbonyl (C=O) groups excluding carboxylic acids is 2. The lowest BCUT2D eigenvalue weighted by atomic mass is 10.1. The first kappa shape index (κ1) is 20.0. The maximum absolute atomic E-state index is 12.7. The predicted octanol–water partition coefficient (Wildman–Crippen LogP) is 1.20. The van der Waals surface area contributed by atoms with Gasteiger partial charge in [0.05, 0.1) is 7.11 Å². The van der Waals surface area contributed by atoms with Crippen LogP contribution in [0.4, 0.5) is 19.0 Å². The molecule has 26 heavy (non-hydrogen) atoms. The number of aromatic nitrogens is 2. The minimum absolute atomic E-state index is 0.00717. The highest BCUT2D eigenvalue weighted by Crippen LogP contribution is 2.27. The minimum Gasteiger partial charge on any atom is -0.464 e. The van der Waals surface area contributed by atoms with E-state index in [1.807, 2.05) is 0 Å². The third-order valence-corrected chi connectivity index (χ3v) is 4.27. The summed E-state index contributed by atoms with van der Waals surface area (Å²) < 4.78 is 42.5. The molecule has 0 bridgehead atoms. The highest BCUT2D eigenvalue weighted by molar-refractivity contribution is 6.31. The zero-order chi connectivity index (χ0) is 19.6. The van der Waals surface area contributed by atoms with Gasteiger partial charge in [-0.3, -0.25) is 9.59 Å². The maximum Gasteiger partial charge on any atom is 0.471 e. The van der Waals surface area contributed by atoms with Crippen LogP contribution in [0, 0.1) is 0 Å². The van der Waals surface area contributed by atoms with Gasteiger partial charge in [0, 0.05) is 25.7 Å². The average molecular weight is 397 g/mol. The van der Waals surface area contributed by atoms with E-state index in [1.54, 1.807) is 6.92 Å². The standard InChI is InChI=1S/C14H16ClF3N4O4/c1-3-7-6-21(4-5-22(7)13(25)14(16,17)18)10-9(15)19-8(11(23)20-10)12(24)26-2/h7H,3-6H2,1-2H3,(H,20,23)/t7-/m0/s1. The van der Waals surface area contributed by atoms with Crippen molar-refractivity contribution in [3.05, 3.63) is 21.2 Å². The van der Waals surface area contributed by atoms with E-state index in [0.29, 0.717) is 0 Å². The summed E-state index contributed by atoms with van der Waals surface area (Å²) in [4.78, 5) is 43.4. The molecule has 144 valence electrons. The third-order valence-electron chi connectivity index (χ3n) is 4.00. The number of halogens is 4. The van der Waals surface area contributed by atoms with Crippen molar-refractivity contribution in [2.45, 2.75) is 25.6 Å². The molecule has 1 aliphatic heterocycles. The van der Waals surface area contributed by atoms with E-state index < -0.39 is 35.3 Å². The number of hydrogen-bond acceptors (Lipinski definition) is 6. The molecule has 0 unspecified atom stereocenters. The molecule has 8 nitrogen and oxygen atoms in total. The topological polar surface area (TPSA) is 95.6 Å². The highest BCUT2D eigenvalue weighted by atomic mass is 35.5. The Morgan fingerprint density at radius 3 is 2.58 bits per heavy atom. The smallest absolute Gasteiger partial charge is 0.464 e. The summed E-state index contributed by atoms with van der Waals surface area (Å²) in [6.07, 6.45) is -4.68. The van der Waals surface area contributed by atoms with E-state index in [4.69, 9.17) is 11.6 Å². The van der Waals surface area contributed by atoms with Crippen LogP contribution >= 0.6 is 11.6 Å². The number of amides is 1. The fourth-order valence-corrected chi connectivity index (χ4v) is 2.95. The highest BCUT2D eigenvalue weighted by Gasteiger charge is 2.45. The van der Waals surface area contributed by atoms with Crippen molar-refractivity contribution in [2.24, 2.45) is 0 Å². The van der Waals surface area contributed by atoms with Crippen molar-refractivity contribution >= 4 is 29.3 Å². The lowest BCUT2D eigenvalue weighted by Crippen LogP contribution is -2.58. The van der Waals surface area contributed by atoms with Gasteiger partial charge >= 0.3 is 18.1 Å². The molecule has 0 saturated carbocycles. The number of alkyl halides is 3. The van der Waals surface area contributed by atoms with Crippen LogP contribution in [0.5, 0.6) is 0 Å². The largest absolute Gasteiger partial charge is 0.471 e. The minimum atomic E-state index is -4.95. The number of aromatic amines is 1. The second-order valence-electron chi connectivity index (χ2n) is 5.55. The van der Waals surface area contributed by atoms with E-state index in [0.717, 1.165) is 12.0 Å². The van der Waals surface area contributed by atoms with Crippen LogP contribution < -0.4 is 10.5 Å². The van der Waals surface area contributed by atoms with E-state index in [9.17, 15) is 27.6 Å². The lowest BCUT2D eigenvalue weighted by Gasteiger charge is -2.42. The first-order valence-corrected chi connectivity index (χ1v) is 7.98. The second-order valence-corrected chi connectivity index (χ2v) is 5.91. The number of esters is 1. The number of hydrogen-bond donors (Lipinski definition) is 1. The number of rotatable bonds is 3. The molecule has 0 aliphatic carbocycles. The van der Waals surface area contributed by atoms with Gasteiger partial charge in [0.25, 0.3) is 5.56 Å². The van der Waals surface area contributed by atoms with Crippen molar-refractivity contribution in [2.75, 3.05) is 31.6 Å². The van der Waals surface area contributed by atoms with Crippen molar-refractivity contribution in [3.8, 4) is 0 Å². The fraction of sp³-hybridized carbons (Fsp3) is 0.571. The number of H-pyrrole nitrogens is 1. The van der Waals surface area contributed by atoms with Gasteiger partial charge in [-0.2, -0.15) is 13.2 Å². The molecular formula is C14H16ClF3N4O4. The van der Waals surface area contributed by atoms with Crippen LogP contribution in [0.3, 0.4) is 0 Å². The van der Waals surface area contributed by atoms with Crippen molar-refractivity contribution in [1.29, 1.82) is 0 Å². The van der Waals surface area contributed by atoms with Crippen molar-refractivity contribution in [3.63, 3.8) is 0 Å². The van der Waals surface area contributed by atoms with Gasteiger partial charge in [-0.1, -0.05) is 18.5 Å². The SMILES string of the molecule is CC[C@H]1CN(c2[nH]c(=O)c(C(=O)OC)nc2Cl)CCN1C(=O)C(F)(F)F. The van der Waals surface area contributed by atoms with Gasteiger partial charge in [0.15, 0.2) is 5.15 Å². The molecule has 1 fully saturated rings. The van der Waals surface area contributed by atoms with E-state index in [1.165, 1.54) is 4.90 Å². The first-order chi connectivity index (χ1) is 12.1. The van der Waals surface area contributed by atoms with Gasteiger partial charge in [0.2, 0.25) is 5.69 Å². The summed E-state index contributed by atoms with van der Waals surface area (Å²) in [5.74, 6) is -2.80. The first-order valence-electron chi connectivity index (χ1n) is 7.61. The summed E-state index contributed by atoms with van der Waals surface area (Å²) in [6.45, 7) is 1.47. The van der Waals surface area contributed by atoms with Gasteiger partial charge in [-0.05, 0) is 6.42 Å². The van der Waals surface area contributed by atoms with Crippen LogP contribution in [0.2, 0.25) is 5.15 Å². The van der Waals surface area contributed by atoms with Gasteiger partial charge < -0.3 is 19.5 Å². The number of piperazine rings is 1. The van der Waals surface area contributed by atoms with Crippen LogP contribution in [0.1, 0.15) is 23.8 Å². The number of nitrogens with one attached hydrogen (secondary N) is 1. The molecule has 2 heterocycles. The molecule has 0 aromatic carbocycles. The van der Waals surface area contributed by atoms with Crippen molar-refractivity contribution < 1.29 is 27.5 Å². The van der Waals surface area contributed by atoms with Gasteiger partial charge in [-0.25, -0.2) is 9.78 Å². The Morgan fingerprint density at radius 2 is 2.04 bits per heavy atom.